The van der Waals surface area contributed by atoms with E-state index < -0.39 is 0 Å². The van der Waals surface area contributed by atoms with Crippen LogP contribution in [0.25, 0.3) is 0 Å². The highest BCUT2D eigenvalue weighted by Gasteiger charge is 2.21. The van der Waals surface area contributed by atoms with Gasteiger partial charge in [-0.2, -0.15) is 0 Å². The summed E-state index contributed by atoms with van der Waals surface area (Å²) >= 11 is 0. The van der Waals surface area contributed by atoms with Crippen LogP contribution in [0.4, 0.5) is 0 Å². The van der Waals surface area contributed by atoms with Crippen molar-refractivity contribution in [2.75, 3.05) is 19.8 Å². The van der Waals surface area contributed by atoms with Gasteiger partial charge < -0.3 is 9.47 Å². The second-order valence-corrected chi connectivity index (χ2v) is 6.19. The Bertz CT molecular complexity index is 190. The van der Waals surface area contributed by atoms with E-state index >= 15 is 0 Å². The molecule has 1 heterocycles. The molecule has 0 bridgehead atoms. The summed E-state index contributed by atoms with van der Waals surface area (Å²) in [7, 11) is 0. The van der Waals surface area contributed by atoms with Crippen LogP contribution in [0.15, 0.2) is 0 Å². The Morgan fingerprint density at radius 1 is 1.00 bits per heavy atom. The van der Waals surface area contributed by atoms with E-state index in [-0.39, 0.29) is 0 Å². The molecule has 2 unspecified atom stereocenters. The molecule has 19 heavy (non-hydrogen) atoms. The predicted octanol–water partition coefficient (Wildman–Crippen LogP) is 4.96. The van der Waals surface area contributed by atoms with E-state index in [1.165, 1.54) is 64.2 Å². The summed E-state index contributed by atoms with van der Waals surface area (Å²) in [4.78, 5) is 0. The number of epoxide rings is 1. The van der Waals surface area contributed by atoms with Crippen molar-refractivity contribution in [1.29, 1.82) is 0 Å². The van der Waals surface area contributed by atoms with Gasteiger partial charge in [-0.1, -0.05) is 65.2 Å². The SMILES string of the molecule is CCCCCCCCCC(C)CCCOCC1CO1. The van der Waals surface area contributed by atoms with Crippen LogP contribution in [0.3, 0.4) is 0 Å². The lowest BCUT2D eigenvalue weighted by molar-refractivity contribution is 0.110. The lowest BCUT2D eigenvalue weighted by atomic mass is 9.97. The van der Waals surface area contributed by atoms with Crippen molar-refractivity contribution in [3.8, 4) is 0 Å². The smallest absolute Gasteiger partial charge is 0.104 e. The summed E-state index contributed by atoms with van der Waals surface area (Å²) in [6.07, 6.45) is 14.3. The first-order chi connectivity index (χ1) is 9.33. The highest BCUT2D eigenvalue weighted by Crippen LogP contribution is 2.16. The average molecular weight is 270 g/mol. The third kappa shape index (κ3) is 11.4. The fourth-order valence-electron chi connectivity index (χ4n) is 2.51. The summed E-state index contributed by atoms with van der Waals surface area (Å²) in [6, 6.07) is 0. The second-order valence-electron chi connectivity index (χ2n) is 6.19. The summed E-state index contributed by atoms with van der Waals surface area (Å²) in [5.41, 5.74) is 0. The Morgan fingerprint density at radius 2 is 1.63 bits per heavy atom. The van der Waals surface area contributed by atoms with Gasteiger partial charge in [0.05, 0.1) is 13.2 Å². The van der Waals surface area contributed by atoms with Gasteiger partial charge in [0.25, 0.3) is 0 Å². The Hall–Kier alpha value is -0.0800. The Balaban J connectivity index is 1.73. The summed E-state index contributed by atoms with van der Waals surface area (Å²) in [5.74, 6) is 0.872. The monoisotopic (exact) mass is 270 g/mol. The summed E-state index contributed by atoms with van der Waals surface area (Å²) in [5, 5.41) is 0. The van der Waals surface area contributed by atoms with Crippen LogP contribution in [-0.4, -0.2) is 25.9 Å². The van der Waals surface area contributed by atoms with E-state index in [0.29, 0.717) is 6.10 Å². The number of hydrogen-bond donors (Lipinski definition) is 0. The maximum Gasteiger partial charge on any atom is 0.104 e. The first-order valence-electron chi connectivity index (χ1n) is 8.52. The number of rotatable bonds is 14. The maximum absolute atomic E-state index is 5.56. The molecule has 2 atom stereocenters. The van der Waals surface area contributed by atoms with Gasteiger partial charge in [0.15, 0.2) is 0 Å². The van der Waals surface area contributed by atoms with Crippen molar-refractivity contribution < 1.29 is 9.47 Å². The van der Waals surface area contributed by atoms with Crippen molar-refractivity contribution in [3.63, 3.8) is 0 Å². The third-order valence-electron chi connectivity index (χ3n) is 3.99. The zero-order valence-corrected chi connectivity index (χ0v) is 13.2. The molecule has 0 amide bonds. The standard InChI is InChI=1S/C17H34O2/c1-3-4-5-6-7-8-9-11-16(2)12-10-13-18-14-17-15-19-17/h16-17H,3-15H2,1-2H3. The quantitative estimate of drug-likeness (QED) is 0.329. The van der Waals surface area contributed by atoms with Crippen LogP contribution in [0.1, 0.15) is 78.1 Å². The number of ether oxygens (including phenoxy) is 2. The molecule has 1 rings (SSSR count). The van der Waals surface area contributed by atoms with E-state index in [9.17, 15) is 0 Å². The molecule has 1 saturated heterocycles. The third-order valence-corrected chi connectivity index (χ3v) is 3.99. The van der Waals surface area contributed by atoms with Gasteiger partial charge in [-0.3, -0.25) is 0 Å². The van der Waals surface area contributed by atoms with Crippen molar-refractivity contribution in [3.05, 3.63) is 0 Å². The lowest BCUT2D eigenvalue weighted by Gasteiger charge is -2.11. The molecule has 0 aromatic rings. The summed E-state index contributed by atoms with van der Waals surface area (Å²) in [6.45, 7) is 7.31. The molecule has 1 aliphatic heterocycles. The highest BCUT2D eigenvalue weighted by atomic mass is 16.6. The minimum atomic E-state index is 0.421. The van der Waals surface area contributed by atoms with Crippen LogP contribution in [0.5, 0.6) is 0 Å². The Labute approximate surface area is 120 Å². The van der Waals surface area contributed by atoms with Crippen molar-refractivity contribution in [2.45, 2.75) is 84.2 Å². The van der Waals surface area contributed by atoms with Gasteiger partial charge in [-0.25, -0.2) is 0 Å². The fraction of sp³-hybridized carbons (Fsp3) is 1.00. The normalized spacial score (nSPS) is 19.6. The maximum atomic E-state index is 5.56. The number of unbranched alkanes of at least 4 members (excludes halogenated alkanes) is 6. The summed E-state index contributed by atoms with van der Waals surface area (Å²) < 4.78 is 10.7. The molecular weight excluding hydrogens is 236 g/mol. The van der Waals surface area contributed by atoms with E-state index in [1.807, 2.05) is 0 Å². The molecule has 0 spiro atoms. The molecule has 114 valence electrons. The Morgan fingerprint density at radius 3 is 2.32 bits per heavy atom. The van der Waals surface area contributed by atoms with Gasteiger partial charge in [0, 0.05) is 6.61 Å². The zero-order chi connectivity index (χ0) is 13.8. The molecule has 0 aromatic heterocycles. The van der Waals surface area contributed by atoms with Crippen molar-refractivity contribution >= 4 is 0 Å². The lowest BCUT2D eigenvalue weighted by Crippen LogP contribution is -2.04. The topological polar surface area (TPSA) is 21.8 Å². The molecule has 1 aliphatic rings. The Kier molecular flexibility index (Phi) is 10.5. The fourth-order valence-corrected chi connectivity index (χ4v) is 2.51. The van der Waals surface area contributed by atoms with Crippen molar-refractivity contribution in [1.82, 2.24) is 0 Å². The highest BCUT2D eigenvalue weighted by molar-refractivity contribution is 4.67. The van der Waals surface area contributed by atoms with Gasteiger partial charge >= 0.3 is 0 Å². The first-order valence-corrected chi connectivity index (χ1v) is 8.52. The molecule has 0 radical (unpaired) electrons. The minimum absolute atomic E-state index is 0.421. The van der Waals surface area contributed by atoms with Crippen LogP contribution in [0, 0.1) is 5.92 Å². The number of hydrogen-bond acceptors (Lipinski definition) is 2. The predicted molar refractivity (Wildman–Crippen MR) is 81.6 cm³/mol. The first kappa shape index (κ1) is 17.0. The second kappa shape index (κ2) is 11.7. The van der Waals surface area contributed by atoms with Gasteiger partial charge in [0.1, 0.15) is 6.10 Å². The average Bonchev–Trinajstić information content (AvgIpc) is 3.21. The van der Waals surface area contributed by atoms with Crippen LogP contribution >= 0.6 is 0 Å². The largest absolute Gasteiger partial charge is 0.379 e. The molecule has 0 aromatic carbocycles. The molecular formula is C17H34O2. The molecule has 0 aliphatic carbocycles. The van der Waals surface area contributed by atoms with E-state index in [0.717, 1.165) is 25.7 Å². The van der Waals surface area contributed by atoms with Crippen LogP contribution in [0.2, 0.25) is 0 Å². The molecule has 2 nitrogen and oxygen atoms in total. The molecule has 1 fully saturated rings. The minimum Gasteiger partial charge on any atom is -0.379 e. The molecule has 0 saturated carbocycles. The van der Waals surface area contributed by atoms with Gasteiger partial charge in [0.2, 0.25) is 0 Å². The van der Waals surface area contributed by atoms with Crippen LogP contribution in [-0.2, 0) is 9.47 Å². The molecule has 0 N–H and O–H groups in total. The van der Waals surface area contributed by atoms with Gasteiger partial charge in [-0.15, -0.1) is 0 Å². The van der Waals surface area contributed by atoms with E-state index in [1.54, 1.807) is 0 Å². The van der Waals surface area contributed by atoms with Crippen LogP contribution < -0.4 is 0 Å². The van der Waals surface area contributed by atoms with E-state index in [4.69, 9.17) is 9.47 Å². The molecule has 2 heteroatoms. The van der Waals surface area contributed by atoms with E-state index in [2.05, 4.69) is 13.8 Å². The van der Waals surface area contributed by atoms with Crippen molar-refractivity contribution in [2.24, 2.45) is 5.92 Å². The van der Waals surface area contributed by atoms with Gasteiger partial charge in [-0.05, 0) is 18.8 Å². The zero-order valence-electron chi connectivity index (χ0n) is 13.2.